The number of carbonyl (C=O) groups excluding carboxylic acids is 1. The van der Waals surface area contributed by atoms with Crippen LogP contribution in [0.5, 0.6) is 11.5 Å². The van der Waals surface area contributed by atoms with Gasteiger partial charge in [-0.05, 0) is 69.8 Å². The number of hydrogen-bond donors (Lipinski definition) is 0. The third-order valence-electron chi connectivity index (χ3n) is 4.27. The molecule has 1 aromatic rings. The van der Waals surface area contributed by atoms with Gasteiger partial charge in [-0.15, -0.1) is 0 Å². The quantitative estimate of drug-likeness (QED) is 0.513. The van der Waals surface area contributed by atoms with Crippen LogP contribution in [-0.4, -0.2) is 44.0 Å². The fourth-order valence-corrected chi connectivity index (χ4v) is 3.09. The molecule has 4 heteroatoms. The largest absolute Gasteiger partial charge is 0.490 e. The van der Waals surface area contributed by atoms with Crippen molar-refractivity contribution in [2.45, 2.75) is 39.5 Å². The molecule has 4 nitrogen and oxygen atoms in total. The molecule has 1 aliphatic rings. The Labute approximate surface area is 139 Å². The van der Waals surface area contributed by atoms with Crippen LogP contribution in [0.4, 0.5) is 0 Å². The summed E-state index contributed by atoms with van der Waals surface area (Å²) in [4.78, 5) is 13.4. The number of ether oxygens (including phenoxy) is 2. The molecular formula is C19H29NO3. The summed E-state index contributed by atoms with van der Waals surface area (Å²) in [5, 5.41) is 0. The summed E-state index contributed by atoms with van der Waals surface area (Å²) in [6, 6.07) is 5.32. The van der Waals surface area contributed by atoms with Gasteiger partial charge < -0.3 is 14.4 Å². The number of rotatable bonds is 9. The first-order valence-electron chi connectivity index (χ1n) is 8.80. The van der Waals surface area contributed by atoms with Gasteiger partial charge in [-0.2, -0.15) is 0 Å². The van der Waals surface area contributed by atoms with E-state index < -0.39 is 0 Å². The zero-order chi connectivity index (χ0) is 16.5. The van der Waals surface area contributed by atoms with Gasteiger partial charge in [-0.25, -0.2) is 0 Å². The van der Waals surface area contributed by atoms with Gasteiger partial charge in [0.2, 0.25) is 0 Å². The van der Waals surface area contributed by atoms with Crippen molar-refractivity contribution in [2.24, 2.45) is 5.92 Å². The fraction of sp³-hybridized carbons (Fsp3) is 0.632. The van der Waals surface area contributed by atoms with Crippen molar-refractivity contribution in [2.75, 3.05) is 32.8 Å². The maximum absolute atomic E-state index is 10.8. The van der Waals surface area contributed by atoms with E-state index >= 15 is 0 Å². The van der Waals surface area contributed by atoms with Crippen molar-refractivity contribution in [3.63, 3.8) is 0 Å². The Bertz CT molecular complexity index is 490. The lowest BCUT2D eigenvalue weighted by atomic mass is 10.0. The Morgan fingerprint density at radius 3 is 2.87 bits per heavy atom. The summed E-state index contributed by atoms with van der Waals surface area (Å²) >= 11 is 0. The molecule has 23 heavy (non-hydrogen) atoms. The van der Waals surface area contributed by atoms with E-state index in [1.165, 1.54) is 25.9 Å². The third-order valence-corrected chi connectivity index (χ3v) is 4.27. The van der Waals surface area contributed by atoms with E-state index in [0.717, 1.165) is 37.3 Å². The molecule has 0 N–H and O–H groups in total. The topological polar surface area (TPSA) is 38.8 Å². The number of unbranched alkanes of at least 4 members (excludes halogenated alkanes) is 1. The Kier molecular flexibility index (Phi) is 7.40. The second-order valence-electron chi connectivity index (χ2n) is 6.36. The molecule has 128 valence electrons. The van der Waals surface area contributed by atoms with E-state index in [0.29, 0.717) is 24.5 Å². The first-order chi connectivity index (χ1) is 11.2. The second-order valence-corrected chi connectivity index (χ2v) is 6.36. The first kappa shape index (κ1) is 17.8. The average Bonchev–Trinajstić information content (AvgIpc) is 2.56. The molecule has 1 saturated heterocycles. The van der Waals surface area contributed by atoms with Crippen LogP contribution in [-0.2, 0) is 0 Å². The van der Waals surface area contributed by atoms with Crippen molar-refractivity contribution in [3.05, 3.63) is 23.8 Å². The van der Waals surface area contributed by atoms with Crippen molar-refractivity contribution < 1.29 is 14.3 Å². The lowest BCUT2D eigenvalue weighted by molar-refractivity contribution is 0.112. The Morgan fingerprint density at radius 1 is 1.26 bits per heavy atom. The molecule has 1 atom stereocenters. The zero-order valence-electron chi connectivity index (χ0n) is 14.4. The second kappa shape index (κ2) is 9.56. The van der Waals surface area contributed by atoms with E-state index in [4.69, 9.17) is 9.47 Å². The van der Waals surface area contributed by atoms with Gasteiger partial charge in [0.1, 0.15) is 6.29 Å². The minimum absolute atomic E-state index is 0.561. The molecule has 0 radical (unpaired) electrons. The lowest BCUT2D eigenvalue weighted by Gasteiger charge is -2.30. The minimum Gasteiger partial charge on any atom is -0.490 e. The summed E-state index contributed by atoms with van der Waals surface area (Å²) in [6.45, 7) is 9.16. The normalized spacial score (nSPS) is 18.6. The minimum atomic E-state index is 0.561. The highest BCUT2D eigenvalue weighted by atomic mass is 16.5. The standard InChI is InChI=1S/C19H29NO3/c1-3-22-19-13-17(15-21)8-9-18(19)23-12-5-4-10-20-11-6-7-16(2)14-20/h8-9,13,15-16H,3-7,10-12,14H2,1-2H3/t16-/m1/s1. The SMILES string of the molecule is CCOc1cc(C=O)ccc1OCCCCN1CCC[C@@H](C)C1. The monoisotopic (exact) mass is 319 g/mol. The van der Waals surface area contributed by atoms with E-state index in [1.54, 1.807) is 12.1 Å². The maximum Gasteiger partial charge on any atom is 0.161 e. The van der Waals surface area contributed by atoms with Gasteiger partial charge in [-0.1, -0.05) is 6.92 Å². The van der Waals surface area contributed by atoms with Crippen LogP contribution in [0.15, 0.2) is 18.2 Å². The van der Waals surface area contributed by atoms with E-state index in [9.17, 15) is 4.79 Å². The molecule has 0 amide bonds. The van der Waals surface area contributed by atoms with Gasteiger partial charge in [0, 0.05) is 12.1 Å². The zero-order valence-corrected chi connectivity index (χ0v) is 14.4. The molecule has 1 aromatic carbocycles. The summed E-state index contributed by atoms with van der Waals surface area (Å²) < 4.78 is 11.4. The van der Waals surface area contributed by atoms with Crippen molar-refractivity contribution >= 4 is 6.29 Å². The fourth-order valence-electron chi connectivity index (χ4n) is 3.09. The molecule has 0 spiro atoms. The van der Waals surface area contributed by atoms with Crippen LogP contribution < -0.4 is 9.47 Å². The van der Waals surface area contributed by atoms with Crippen molar-refractivity contribution in [3.8, 4) is 11.5 Å². The van der Waals surface area contributed by atoms with Crippen LogP contribution in [0.1, 0.15) is 49.9 Å². The van der Waals surface area contributed by atoms with Crippen molar-refractivity contribution in [1.82, 2.24) is 4.90 Å². The molecule has 1 heterocycles. The van der Waals surface area contributed by atoms with E-state index in [1.807, 2.05) is 13.0 Å². The highest BCUT2D eigenvalue weighted by molar-refractivity contribution is 5.76. The van der Waals surface area contributed by atoms with Gasteiger partial charge in [-0.3, -0.25) is 4.79 Å². The Morgan fingerprint density at radius 2 is 2.13 bits per heavy atom. The number of aldehydes is 1. The number of benzene rings is 1. The molecule has 0 saturated carbocycles. The van der Waals surface area contributed by atoms with E-state index in [-0.39, 0.29) is 0 Å². The molecular weight excluding hydrogens is 290 g/mol. The molecule has 0 unspecified atom stereocenters. The van der Waals surface area contributed by atoms with Gasteiger partial charge in [0.25, 0.3) is 0 Å². The Hall–Kier alpha value is -1.55. The first-order valence-corrected chi connectivity index (χ1v) is 8.80. The van der Waals surface area contributed by atoms with Crippen molar-refractivity contribution in [1.29, 1.82) is 0 Å². The van der Waals surface area contributed by atoms with E-state index in [2.05, 4.69) is 11.8 Å². The lowest BCUT2D eigenvalue weighted by Crippen LogP contribution is -2.35. The molecule has 2 rings (SSSR count). The van der Waals surface area contributed by atoms with Crippen LogP contribution in [0.25, 0.3) is 0 Å². The summed E-state index contributed by atoms with van der Waals surface area (Å²) in [5.41, 5.74) is 0.611. The smallest absolute Gasteiger partial charge is 0.161 e. The highest BCUT2D eigenvalue weighted by Gasteiger charge is 2.15. The predicted octanol–water partition coefficient (Wildman–Crippen LogP) is 3.79. The summed E-state index contributed by atoms with van der Waals surface area (Å²) in [7, 11) is 0. The average molecular weight is 319 g/mol. The Balaban J connectivity index is 1.72. The number of piperidine rings is 1. The van der Waals surface area contributed by atoms with Crippen LogP contribution in [0.3, 0.4) is 0 Å². The number of likely N-dealkylation sites (tertiary alicyclic amines) is 1. The summed E-state index contributed by atoms with van der Waals surface area (Å²) in [5.74, 6) is 2.22. The summed E-state index contributed by atoms with van der Waals surface area (Å²) in [6.07, 6.45) is 5.72. The van der Waals surface area contributed by atoms with Crippen LogP contribution >= 0.6 is 0 Å². The third kappa shape index (κ3) is 5.87. The molecule has 0 aromatic heterocycles. The van der Waals surface area contributed by atoms with Gasteiger partial charge in [0.15, 0.2) is 11.5 Å². The molecule has 1 fully saturated rings. The number of nitrogens with zero attached hydrogens (tertiary/aromatic N) is 1. The van der Waals surface area contributed by atoms with Crippen LogP contribution in [0.2, 0.25) is 0 Å². The van der Waals surface area contributed by atoms with Gasteiger partial charge >= 0.3 is 0 Å². The molecule has 0 bridgehead atoms. The van der Waals surface area contributed by atoms with Gasteiger partial charge in [0.05, 0.1) is 13.2 Å². The highest BCUT2D eigenvalue weighted by Crippen LogP contribution is 2.28. The number of hydrogen-bond acceptors (Lipinski definition) is 4. The maximum atomic E-state index is 10.8. The number of carbonyl (C=O) groups is 1. The molecule has 1 aliphatic heterocycles. The predicted molar refractivity (Wildman–Crippen MR) is 92.6 cm³/mol. The molecule has 0 aliphatic carbocycles. The van der Waals surface area contributed by atoms with Crippen LogP contribution in [0, 0.1) is 5.92 Å².